The second-order valence-electron chi connectivity index (χ2n) is 9.45. The van der Waals surface area contributed by atoms with Crippen LogP contribution in [-0.4, -0.2) is 34.0 Å². The van der Waals surface area contributed by atoms with Crippen molar-refractivity contribution in [3.8, 4) is 5.00 Å². The molecule has 0 fully saturated rings. The topological polar surface area (TPSA) is 40.5 Å². The molecule has 1 N–H and O–H groups in total. The molecule has 0 radical (unpaired) electrons. The van der Waals surface area contributed by atoms with E-state index in [0.717, 1.165) is 41.3 Å². The number of urea groups is 1. The lowest BCUT2D eigenvalue weighted by atomic mass is 10.0. The highest BCUT2D eigenvalue weighted by Gasteiger charge is 2.36. The zero-order valence-electron chi connectivity index (χ0n) is 19.9. The predicted octanol–water partition coefficient (Wildman–Crippen LogP) is 5.62. The van der Waals surface area contributed by atoms with Crippen molar-refractivity contribution in [3.63, 3.8) is 0 Å². The first-order valence-electron chi connectivity index (χ1n) is 12.0. The largest absolute Gasteiger partial charge is 0.334 e. The van der Waals surface area contributed by atoms with Crippen LogP contribution in [0.1, 0.15) is 38.9 Å². The molecule has 2 aliphatic heterocycles. The molecule has 2 aromatic carbocycles. The number of likely N-dealkylation sites (N-methyl/N-ethyl adjacent to an activating group) is 1. The molecule has 1 atom stereocenters. The number of fused-ring (bicyclic) bond motifs is 5. The lowest BCUT2D eigenvalue weighted by Crippen LogP contribution is -2.42. The fourth-order valence-corrected chi connectivity index (χ4v) is 6.67. The zero-order valence-corrected chi connectivity index (χ0v) is 20.7. The molecule has 2 amide bonds. The summed E-state index contributed by atoms with van der Waals surface area (Å²) in [5.41, 5.74) is 5.14. The maximum atomic E-state index is 13.8. The fourth-order valence-electron chi connectivity index (χ4n) is 5.23. The molecule has 0 saturated heterocycles. The highest BCUT2D eigenvalue weighted by Crippen LogP contribution is 2.43. The second kappa shape index (κ2) is 9.19. The number of carbonyl (C=O) groups is 1. The first-order valence-corrected chi connectivity index (χ1v) is 12.8. The van der Waals surface area contributed by atoms with Crippen molar-refractivity contribution >= 4 is 17.4 Å². The summed E-state index contributed by atoms with van der Waals surface area (Å²) >= 11 is 1.79. The predicted molar refractivity (Wildman–Crippen MR) is 136 cm³/mol. The van der Waals surface area contributed by atoms with E-state index < -0.39 is 6.04 Å². The normalized spacial score (nSPS) is 17.2. The zero-order chi connectivity index (χ0) is 24.8. The Labute approximate surface area is 212 Å². The quantitative estimate of drug-likeness (QED) is 0.394. The number of nitrogens with one attached hydrogen (secondary N) is 1. The summed E-state index contributed by atoms with van der Waals surface area (Å²) in [6.45, 7) is 2.62. The van der Waals surface area contributed by atoms with Crippen LogP contribution in [0.15, 0.2) is 66.9 Å². The molecule has 8 heteroatoms. The Morgan fingerprint density at radius 1 is 1.00 bits per heavy atom. The molecule has 2 aliphatic rings. The van der Waals surface area contributed by atoms with Crippen LogP contribution in [0.25, 0.3) is 5.00 Å². The maximum absolute atomic E-state index is 13.8. The number of halogens is 2. The van der Waals surface area contributed by atoms with Gasteiger partial charge in [-0.05, 0) is 66.6 Å². The van der Waals surface area contributed by atoms with E-state index in [4.69, 9.17) is 0 Å². The Kier molecular flexibility index (Phi) is 5.85. The molecule has 5 nitrogen and oxygen atoms in total. The molecule has 184 valence electrons. The highest BCUT2D eigenvalue weighted by atomic mass is 32.1. The van der Waals surface area contributed by atoms with Gasteiger partial charge in [0.25, 0.3) is 0 Å². The maximum Gasteiger partial charge on any atom is 0.318 e. The van der Waals surface area contributed by atoms with Crippen molar-refractivity contribution in [2.75, 3.05) is 13.6 Å². The third-order valence-electron chi connectivity index (χ3n) is 7.06. The molecule has 0 saturated carbocycles. The molecule has 4 aromatic rings. The first-order chi connectivity index (χ1) is 17.5. The van der Waals surface area contributed by atoms with Gasteiger partial charge < -0.3 is 19.7 Å². The summed E-state index contributed by atoms with van der Waals surface area (Å²) in [4.78, 5) is 19.3. The number of aromatic nitrogens is 1. The molecular formula is C28H26F2N4OS. The monoisotopic (exact) mass is 504 g/mol. The number of benzene rings is 2. The van der Waals surface area contributed by atoms with E-state index in [1.165, 1.54) is 40.3 Å². The fraction of sp³-hybridized carbons (Fsp3) is 0.250. The average Bonchev–Trinajstić information content (AvgIpc) is 3.45. The Morgan fingerprint density at radius 2 is 1.72 bits per heavy atom. The van der Waals surface area contributed by atoms with E-state index in [9.17, 15) is 13.6 Å². The van der Waals surface area contributed by atoms with Gasteiger partial charge >= 0.3 is 6.03 Å². The molecule has 1 unspecified atom stereocenters. The number of hydrogen-bond acceptors (Lipinski definition) is 3. The van der Waals surface area contributed by atoms with Gasteiger partial charge in [-0.1, -0.05) is 24.3 Å². The van der Waals surface area contributed by atoms with Crippen molar-refractivity contribution in [3.05, 3.63) is 111 Å². The van der Waals surface area contributed by atoms with Crippen LogP contribution in [-0.2, 0) is 26.1 Å². The third kappa shape index (κ3) is 4.10. The molecular weight excluding hydrogens is 478 g/mol. The van der Waals surface area contributed by atoms with E-state index in [1.807, 2.05) is 17.0 Å². The van der Waals surface area contributed by atoms with Crippen LogP contribution in [0, 0.1) is 11.6 Å². The number of thiophene rings is 1. The second-order valence-corrected chi connectivity index (χ2v) is 10.5. The van der Waals surface area contributed by atoms with E-state index in [2.05, 4.69) is 28.0 Å². The molecule has 0 aliphatic carbocycles. The SMILES string of the molecule is CN1CCc2c(sc3c2CN(C(=O)NCc2ccc(F)cc2)C(c2ccc(F)cc2)c2cccn2-3)C1. The number of carbonyl (C=O) groups excluding carboxylic acids is 1. The van der Waals surface area contributed by atoms with Gasteiger partial charge in [0.2, 0.25) is 0 Å². The van der Waals surface area contributed by atoms with E-state index in [0.29, 0.717) is 6.54 Å². The third-order valence-corrected chi connectivity index (χ3v) is 8.32. The van der Waals surface area contributed by atoms with E-state index >= 15 is 0 Å². The summed E-state index contributed by atoms with van der Waals surface area (Å²) in [6.07, 6.45) is 3.00. The summed E-state index contributed by atoms with van der Waals surface area (Å²) in [6, 6.07) is 15.9. The Balaban J connectivity index is 1.42. The van der Waals surface area contributed by atoms with Gasteiger partial charge in [-0.3, -0.25) is 0 Å². The van der Waals surface area contributed by atoms with Crippen molar-refractivity contribution in [1.82, 2.24) is 19.7 Å². The van der Waals surface area contributed by atoms with Crippen LogP contribution in [0.4, 0.5) is 13.6 Å². The summed E-state index contributed by atoms with van der Waals surface area (Å²) in [5, 5.41) is 4.19. The molecule has 0 spiro atoms. The number of nitrogens with zero attached hydrogens (tertiary/aromatic N) is 3. The van der Waals surface area contributed by atoms with Gasteiger partial charge in [0.1, 0.15) is 16.6 Å². The molecule has 36 heavy (non-hydrogen) atoms. The van der Waals surface area contributed by atoms with Crippen LogP contribution in [0.5, 0.6) is 0 Å². The van der Waals surface area contributed by atoms with Crippen molar-refractivity contribution in [2.24, 2.45) is 0 Å². The van der Waals surface area contributed by atoms with E-state index in [1.54, 1.807) is 35.6 Å². The number of amides is 2. The van der Waals surface area contributed by atoms with E-state index in [-0.39, 0.29) is 24.2 Å². The lowest BCUT2D eigenvalue weighted by molar-refractivity contribution is 0.180. The lowest BCUT2D eigenvalue weighted by Gasteiger charge is -2.32. The minimum atomic E-state index is -0.393. The Morgan fingerprint density at radius 3 is 2.47 bits per heavy atom. The number of hydrogen-bond donors (Lipinski definition) is 1. The van der Waals surface area contributed by atoms with Crippen LogP contribution in [0.2, 0.25) is 0 Å². The summed E-state index contributed by atoms with van der Waals surface area (Å²) in [7, 11) is 2.13. The van der Waals surface area contributed by atoms with Gasteiger partial charge in [0.05, 0.1) is 18.3 Å². The van der Waals surface area contributed by atoms with Crippen LogP contribution < -0.4 is 5.32 Å². The van der Waals surface area contributed by atoms with Crippen molar-refractivity contribution in [1.29, 1.82) is 0 Å². The van der Waals surface area contributed by atoms with Gasteiger partial charge in [0, 0.05) is 36.3 Å². The molecule has 6 rings (SSSR count). The van der Waals surface area contributed by atoms with Crippen LogP contribution in [0.3, 0.4) is 0 Å². The van der Waals surface area contributed by atoms with Gasteiger partial charge in [-0.2, -0.15) is 0 Å². The first kappa shape index (κ1) is 22.9. The molecule has 2 aromatic heterocycles. The number of rotatable bonds is 3. The highest BCUT2D eigenvalue weighted by molar-refractivity contribution is 7.15. The summed E-state index contributed by atoms with van der Waals surface area (Å²) < 4.78 is 29.4. The minimum Gasteiger partial charge on any atom is -0.334 e. The smallest absolute Gasteiger partial charge is 0.318 e. The van der Waals surface area contributed by atoms with Gasteiger partial charge in [-0.25, -0.2) is 13.6 Å². The minimum absolute atomic E-state index is 0.220. The van der Waals surface area contributed by atoms with Crippen LogP contribution >= 0.6 is 11.3 Å². The molecule has 0 bridgehead atoms. The van der Waals surface area contributed by atoms with Crippen molar-refractivity contribution in [2.45, 2.75) is 32.1 Å². The average molecular weight is 505 g/mol. The standard InChI is InChI=1S/C28H26F2N4OS/c1-32-14-12-22-23-16-34(28(35)31-15-18-4-8-20(29)9-5-18)26(19-6-10-21(30)11-7-19)24-3-2-13-33(24)27(23)36-25(22)17-32/h2-11,13,26H,12,14-17H2,1H3,(H,31,35). The van der Waals surface area contributed by atoms with Gasteiger partial charge in [0.15, 0.2) is 0 Å². The summed E-state index contributed by atoms with van der Waals surface area (Å²) in [5.74, 6) is -0.623. The molecule has 4 heterocycles. The van der Waals surface area contributed by atoms with Crippen molar-refractivity contribution < 1.29 is 13.6 Å². The Hall–Kier alpha value is -3.49. The Bertz CT molecular complexity index is 1410. The van der Waals surface area contributed by atoms with Gasteiger partial charge in [-0.15, -0.1) is 11.3 Å².